The second-order valence-electron chi connectivity index (χ2n) is 4.77. The van der Waals surface area contributed by atoms with Gasteiger partial charge in [-0.15, -0.1) is 0 Å². The monoisotopic (exact) mass is 255 g/mol. The Kier molecular flexibility index (Phi) is 3.92. The maximum absolute atomic E-state index is 9.95. The molecule has 1 aromatic carbocycles. The van der Waals surface area contributed by atoms with Crippen molar-refractivity contribution in [3.8, 4) is 5.75 Å². The van der Waals surface area contributed by atoms with Gasteiger partial charge in [0.2, 0.25) is 0 Å². The summed E-state index contributed by atoms with van der Waals surface area (Å²) >= 11 is 6.07. The first-order valence-electron chi connectivity index (χ1n) is 5.83. The van der Waals surface area contributed by atoms with Crippen molar-refractivity contribution in [2.75, 3.05) is 27.2 Å². The molecule has 0 aliphatic carbocycles. The smallest absolute Gasteiger partial charge is 0.126 e. The average Bonchev–Trinajstić information content (AvgIpc) is 2.63. The van der Waals surface area contributed by atoms with Gasteiger partial charge in [0.05, 0.1) is 12.7 Å². The van der Waals surface area contributed by atoms with Crippen molar-refractivity contribution in [2.45, 2.75) is 18.9 Å². The largest absolute Gasteiger partial charge is 0.493 e. The van der Waals surface area contributed by atoms with Gasteiger partial charge in [0.25, 0.3) is 0 Å². The highest BCUT2D eigenvalue weighted by Crippen LogP contribution is 2.33. The summed E-state index contributed by atoms with van der Waals surface area (Å²) in [5.41, 5.74) is 2.17. The SMILES string of the molecule is CN(C)CC(O)Cc1cc(Cl)cc2c1OCC2. The number of fused-ring (bicyclic) bond motifs is 1. The number of aliphatic hydroxyl groups excluding tert-OH is 1. The first-order valence-corrected chi connectivity index (χ1v) is 6.21. The van der Waals surface area contributed by atoms with Crippen molar-refractivity contribution >= 4 is 11.6 Å². The predicted molar refractivity (Wildman–Crippen MR) is 68.9 cm³/mol. The molecule has 0 amide bonds. The van der Waals surface area contributed by atoms with E-state index in [4.69, 9.17) is 16.3 Å². The van der Waals surface area contributed by atoms with Gasteiger partial charge in [-0.1, -0.05) is 11.6 Å². The summed E-state index contributed by atoms with van der Waals surface area (Å²) in [6.45, 7) is 1.35. The molecule has 1 aliphatic rings. The molecule has 1 heterocycles. The van der Waals surface area contributed by atoms with Crippen LogP contribution in [0.4, 0.5) is 0 Å². The maximum Gasteiger partial charge on any atom is 0.126 e. The molecule has 0 radical (unpaired) electrons. The molecular weight excluding hydrogens is 238 g/mol. The quantitative estimate of drug-likeness (QED) is 0.890. The molecule has 1 N–H and O–H groups in total. The summed E-state index contributed by atoms with van der Waals surface area (Å²) < 4.78 is 5.61. The first kappa shape index (κ1) is 12.7. The van der Waals surface area contributed by atoms with Crippen LogP contribution >= 0.6 is 11.6 Å². The van der Waals surface area contributed by atoms with Gasteiger partial charge in [-0.25, -0.2) is 0 Å². The number of hydrogen-bond acceptors (Lipinski definition) is 3. The summed E-state index contributed by atoms with van der Waals surface area (Å²) in [5.74, 6) is 0.923. The molecule has 2 rings (SSSR count). The maximum atomic E-state index is 9.95. The first-order chi connectivity index (χ1) is 8.06. The third kappa shape index (κ3) is 3.12. The van der Waals surface area contributed by atoms with E-state index in [0.29, 0.717) is 19.6 Å². The van der Waals surface area contributed by atoms with Crippen molar-refractivity contribution in [2.24, 2.45) is 0 Å². The van der Waals surface area contributed by atoms with Crippen LogP contribution in [0.3, 0.4) is 0 Å². The fourth-order valence-electron chi connectivity index (χ4n) is 2.24. The van der Waals surface area contributed by atoms with Gasteiger partial charge in [0.1, 0.15) is 5.75 Å². The molecule has 0 saturated carbocycles. The van der Waals surface area contributed by atoms with Gasteiger partial charge in [0.15, 0.2) is 0 Å². The number of halogens is 1. The van der Waals surface area contributed by atoms with Crippen molar-refractivity contribution in [1.82, 2.24) is 4.90 Å². The van der Waals surface area contributed by atoms with E-state index in [1.54, 1.807) is 0 Å². The lowest BCUT2D eigenvalue weighted by molar-refractivity contribution is 0.136. The molecule has 3 nitrogen and oxygen atoms in total. The Morgan fingerprint density at radius 3 is 2.94 bits per heavy atom. The van der Waals surface area contributed by atoms with E-state index in [1.165, 1.54) is 0 Å². The third-order valence-electron chi connectivity index (χ3n) is 2.86. The van der Waals surface area contributed by atoms with E-state index in [1.807, 2.05) is 31.1 Å². The standard InChI is InChI=1S/C13H18ClNO2/c1-15(2)8-12(16)7-10-6-11(14)5-9-3-4-17-13(9)10/h5-6,12,16H,3-4,7-8H2,1-2H3. The van der Waals surface area contributed by atoms with Gasteiger partial charge in [0, 0.05) is 24.4 Å². The lowest BCUT2D eigenvalue weighted by Gasteiger charge is -2.17. The Morgan fingerprint density at radius 2 is 2.24 bits per heavy atom. The summed E-state index contributed by atoms with van der Waals surface area (Å²) in [6, 6.07) is 3.84. The summed E-state index contributed by atoms with van der Waals surface area (Å²) in [5, 5.41) is 10.7. The van der Waals surface area contributed by atoms with Crippen LogP contribution in [0, 0.1) is 0 Å². The third-order valence-corrected chi connectivity index (χ3v) is 3.07. The van der Waals surface area contributed by atoms with Crippen molar-refractivity contribution in [3.05, 3.63) is 28.3 Å². The zero-order valence-corrected chi connectivity index (χ0v) is 11.0. The molecule has 0 bridgehead atoms. The summed E-state index contributed by atoms with van der Waals surface area (Å²) in [7, 11) is 3.89. The van der Waals surface area contributed by atoms with E-state index >= 15 is 0 Å². The Hall–Kier alpha value is -0.770. The average molecular weight is 256 g/mol. The molecule has 0 saturated heterocycles. The predicted octanol–water partition coefficient (Wildman–Crippen LogP) is 1.74. The highest BCUT2D eigenvalue weighted by molar-refractivity contribution is 6.30. The van der Waals surface area contributed by atoms with Crippen molar-refractivity contribution in [1.29, 1.82) is 0 Å². The fraction of sp³-hybridized carbons (Fsp3) is 0.538. The fourth-order valence-corrected chi connectivity index (χ4v) is 2.50. The van der Waals surface area contributed by atoms with Crippen LogP contribution in [-0.2, 0) is 12.8 Å². The van der Waals surface area contributed by atoms with Gasteiger partial charge in [-0.3, -0.25) is 0 Å². The van der Waals surface area contributed by atoms with Crippen molar-refractivity contribution in [3.63, 3.8) is 0 Å². The Labute approximate surface area is 107 Å². The zero-order chi connectivity index (χ0) is 12.4. The highest BCUT2D eigenvalue weighted by atomic mass is 35.5. The number of ether oxygens (including phenoxy) is 1. The van der Waals surface area contributed by atoms with Crippen LogP contribution in [0.2, 0.25) is 5.02 Å². The second kappa shape index (κ2) is 5.25. The van der Waals surface area contributed by atoms with Gasteiger partial charge < -0.3 is 14.7 Å². The van der Waals surface area contributed by atoms with Gasteiger partial charge >= 0.3 is 0 Å². The molecule has 4 heteroatoms. The molecular formula is C13H18ClNO2. The summed E-state index contributed by atoms with van der Waals surface area (Å²) in [6.07, 6.45) is 1.10. The van der Waals surface area contributed by atoms with E-state index in [2.05, 4.69) is 0 Å². The number of rotatable bonds is 4. The molecule has 17 heavy (non-hydrogen) atoms. The van der Waals surface area contributed by atoms with E-state index < -0.39 is 6.10 Å². The molecule has 1 atom stereocenters. The molecule has 0 spiro atoms. The van der Waals surface area contributed by atoms with Crippen molar-refractivity contribution < 1.29 is 9.84 Å². The highest BCUT2D eigenvalue weighted by Gasteiger charge is 2.19. The zero-order valence-electron chi connectivity index (χ0n) is 10.2. The summed E-state index contributed by atoms with van der Waals surface area (Å²) in [4.78, 5) is 1.97. The Balaban J connectivity index is 2.15. The van der Waals surface area contributed by atoms with Gasteiger partial charge in [-0.2, -0.15) is 0 Å². The van der Waals surface area contributed by atoms with Crippen LogP contribution in [0.25, 0.3) is 0 Å². The Morgan fingerprint density at radius 1 is 1.47 bits per heavy atom. The Bertz CT molecular complexity index is 407. The lowest BCUT2D eigenvalue weighted by atomic mass is 10.0. The van der Waals surface area contributed by atoms with Crippen LogP contribution < -0.4 is 4.74 Å². The minimum atomic E-state index is -0.392. The van der Waals surface area contributed by atoms with Crippen LogP contribution in [-0.4, -0.2) is 43.4 Å². The number of benzene rings is 1. The minimum Gasteiger partial charge on any atom is -0.493 e. The van der Waals surface area contributed by atoms with Crippen LogP contribution in [0.5, 0.6) is 5.75 Å². The van der Waals surface area contributed by atoms with Gasteiger partial charge in [-0.05, 0) is 37.4 Å². The van der Waals surface area contributed by atoms with E-state index in [-0.39, 0.29) is 0 Å². The molecule has 0 fully saturated rings. The van der Waals surface area contributed by atoms with Crippen LogP contribution in [0.15, 0.2) is 12.1 Å². The number of aliphatic hydroxyl groups is 1. The van der Waals surface area contributed by atoms with E-state index in [0.717, 1.165) is 28.3 Å². The number of likely N-dealkylation sites (N-methyl/N-ethyl adjacent to an activating group) is 1. The molecule has 0 aromatic heterocycles. The minimum absolute atomic E-state index is 0.392. The lowest BCUT2D eigenvalue weighted by Crippen LogP contribution is -2.27. The second-order valence-corrected chi connectivity index (χ2v) is 5.21. The molecule has 1 aromatic rings. The molecule has 1 aliphatic heterocycles. The van der Waals surface area contributed by atoms with Crippen LogP contribution in [0.1, 0.15) is 11.1 Å². The van der Waals surface area contributed by atoms with E-state index in [9.17, 15) is 5.11 Å². The molecule has 1 unspecified atom stereocenters. The normalized spacial score (nSPS) is 15.8. The number of nitrogens with zero attached hydrogens (tertiary/aromatic N) is 1. The number of hydrogen-bond donors (Lipinski definition) is 1. The molecule has 94 valence electrons. The topological polar surface area (TPSA) is 32.7 Å².